The molecule has 0 saturated carbocycles. The monoisotopic (exact) mass is 324 g/mol. The van der Waals surface area contributed by atoms with Crippen LogP contribution in [0.3, 0.4) is 0 Å². The Morgan fingerprint density at radius 2 is 2.08 bits per heavy atom. The molecule has 24 heavy (non-hydrogen) atoms. The van der Waals surface area contributed by atoms with E-state index >= 15 is 0 Å². The van der Waals surface area contributed by atoms with Crippen LogP contribution < -0.4 is 0 Å². The second-order valence-electron chi connectivity index (χ2n) is 5.46. The number of benzene rings is 1. The fourth-order valence-electron chi connectivity index (χ4n) is 2.46. The molecule has 0 bridgehead atoms. The fourth-order valence-corrected chi connectivity index (χ4v) is 2.46. The zero-order valence-electron chi connectivity index (χ0n) is 14.3. The second kappa shape index (κ2) is 8.97. The summed E-state index contributed by atoms with van der Waals surface area (Å²) in [4.78, 5) is 0. The Morgan fingerprint density at radius 3 is 2.75 bits per heavy atom. The van der Waals surface area contributed by atoms with Gasteiger partial charge in [0.2, 0.25) is 0 Å². The lowest BCUT2D eigenvalue weighted by atomic mass is 9.92. The van der Waals surface area contributed by atoms with E-state index in [1.165, 1.54) is 0 Å². The third-order valence-corrected chi connectivity index (χ3v) is 3.74. The maximum atomic E-state index is 5.99. The predicted molar refractivity (Wildman–Crippen MR) is 96.2 cm³/mol. The van der Waals surface area contributed by atoms with Crippen LogP contribution in [0.15, 0.2) is 84.5 Å². The van der Waals surface area contributed by atoms with Crippen molar-refractivity contribution in [2.45, 2.75) is 25.6 Å². The summed E-state index contributed by atoms with van der Waals surface area (Å²) in [6.45, 7) is 6.64. The van der Waals surface area contributed by atoms with Gasteiger partial charge in [-0.25, -0.2) is 0 Å². The van der Waals surface area contributed by atoms with E-state index in [1.54, 1.807) is 7.11 Å². The Bertz CT molecular complexity index is 664. The molecule has 1 aromatic carbocycles. The second-order valence-corrected chi connectivity index (χ2v) is 5.46. The lowest BCUT2D eigenvalue weighted by Gasteiger charge is -2.31. The van der Waals surface area contributed by atoms with Gasteiger partial charge < -0.3 is 14.2 Å². The molecule has 0 radical (unpaired) electrons. The van der Waals surface area contributed by atoms with Gasteiger partial charge in [-0.15, -0.1) is 5.73 Å². The Kier molecular flexibility index (Phi) is 6.68. The molecule has 0 fully saturated rings. The Balaban J connectivity index is 2.11. The minimum absolute atomic E-state index is 0.497. The summed E-state index contributed by atoms with van der Waals surface area (Å²) < 4.78 is 17.4. The molecule has 1 atom stereocenters. The highest BCUT2D eigenvalue weighted by atomic mass is 16.5. The number of methoxy groups -OCH3 is 1. The van der Waals surface area contributed by atoms with E-state index in [0.29, 0.717) is 19.6 Å². The van der Waals surface area contributed by atoms with Gasteiger partial charge in [0.15, 0.2) is 5.76 Å². The molecular formula is C21H24O3. The van der Waals surface area contributed by atoms with E-state index in [4.69, 9.17) is 14.2 Å². The molecule has 0 N–H and O–H groups in total. The molecular weight excluding hydrogens is 300 g/mol. The fraction of sp³-hybridized carbons (Fsp3) is 0.286. The lowest BCUT2D eigenvalue weighted by molar-refractivity contribution is 0.0293. The van der Waals surface area contributed by atoms with Gasteiger partial charge in [-0.2, -0.15) is 0 Å². The van der Waals surface area contributed by atoms with Crippen LogP contribution in [0.25, 0.3) is 0 Å². The first-order valence-corrected chi connectivity index (χ1v) is 7.98. The summed E-state index contributed by atoms with van der Waals surface area (Å²) in [5, 5.41) is 0. The van der Waals surface area contributed by atoms with Crippen LogP contribution in [0.1, 0.15) is 18.9 Å². The zero-order chi connectivity index (χ0) is 17.3. The van der Waals surface area contributed by atoms with Gasteiger partial charge in [0.1, 0.15) is 18.0 Å². The van der Waals surface area contributed by atoms with E-state index in [2.05, 4.69) is 12.3 Å². The van der Waals surface area contributed by atoms with Crippen molar-refractivity contribution in [2.75, 3.05) is 13.7 Å². The minimum Gasteiger partial charge on any atom is -0.497 e. The van der Waals surface area contributed by atoms with Crippen LogP contribution in [0.5, 0.6) is 0 Å². The average Bonchev–Trinajstić information content (AvgIpc) is 2.62. The van der Waals surface area contributed by atoms with Crippen molar-refractivity contribution in [3.8, 4) is 0 Å². The standard InChI is InChI=1S/C21H24O3/c1-4-6-15-24-21(13-5-2)14-12-19(20(16-21)22-3)23-17-18-10-8-7-9-11-18/h4,6-14H,2,15-17H2,1,3H3. The molecule has 3 heteroatoms. The van der Waals surface area contributed by atoms with Gasteiger partial charge in [0, 0.05) is 6.42 Å². The van der Waals surface area contributed by atoms with Gasteiger partial charge >= 0.3 is 0 Å². The number of hydrogen-bond acceptors (Lipinski definition) is 3. The molecule has 0 saturated heterocycles. The van der Waals surface area contributed by atoms with Crippen LogP contribution in [-0.2, 0) is 20.8 Å². The van der Waals surface area contributed by atoms with Crippen LogP contribution in [0.4, 0.5) is 0 Å². The minimum atomic E-state index is -0.605. The van der Waals surface area contributed by atoms with Crippen molar-refractivity contribution in [2.24, 2.45) is 0 Å². The van der Waals surface area contributed by atoms with Crippen molar-refractivity contribution in [1.82, 2.24) is 0 Å². The van der Waals surface area contributed by atoms with Crippen LogP contribution in [-0.4, -0.2) is 19.3 Å². The number of hydrogen-bond donors (Lipinski definition) is 0. The van der Waals surface area contributed by atoms with Crippen molar-refractivity contribution < 1.29 is 14.2 Å². The van der Waals surface area contributed by atoms with E-state index in [1.807, 2.05) is 67.6 Å². The normalized spacial score (nSPS) is 20.1. The van der Waals surface area contributed by atoms with Gasteiger partial charge in [0.25, 0.3) is 0 Å². The molecule has 3 nitrogen and oxygen atoms in total. The van der Waals surface area contributed by atoms with Crippen LogP contribution in [0.2, 0.25) is 0 Å². The first-order chi connectivity index (χ1) is 11.7. The highest BCUT2D eigenvalue weighted by Crippen LogP contribution is 2.32. The first-order valence-electron chi connectivity index (χ1n) is 7.98. The summed E-state index contributed by atoms with van der Waals surface area (Å²) in [6.07, 6.45) is 10.2. The summed E-state index contributed by atoms with van der Waals surface area (Å²) >= 11 is 0. The van der Waals surface area contributed by atoms with E-state index in [-0.39, 0.29) is 0 Å². The SMILES string of the molecule is C=C=CC1(OCC=CC)C=CC(OCc2ccccc2)=C(OC)C1. The highest BCUT2D eigenvalue weighted by molar-refractivity contribution is 5.32. The van der Waals surface area contributed by atoms with Gasteiger partial charge in [-0.05, 0) is 30.7 Å². The molecule has 1 unspecified atom stereocenters. The number of ether oxygens (including phenoxy) is 3. The lowest BCUT2D eigenvalue weighted by Crippen LogP contribution is -2.31. The van der Waals surface area contributed by atoms with Gasteiger partial charge in [-0.3, -0.25) is 0 Å². The average molecular weight is 324 g/mol. The van der Waals surface area contributed by atoms with E-state index in [9.17, 15) is 0 Å². The summed E-state index contributed by atoms with van der Waals surface area (Å²) in [7, 11) is 1.65. The van der Waals surface area contributed by atoms with E-state index in [0.717, 1.165) is 17.1 Å². The molecule has 0 spiro atoms. The largest absolute Gasteiger partial charge is 0.497 e. The maximum absolute atomic E-state index is 5.99. The molecule has 0 heterocycles. The highest BCUT2D eigenvalue weighted by Gasteiger charge is 2.32. The number of allylic oxidation sites excluding steroid dienone is 2. The predicted octanol–water partition coefficient (Wildman–Crippen LogP) is 4.69. The van der Waals surface area contributed by atoms with Crippen molar-refractivity contribution in [3.05, 3.63) is 90.1 Å². The summed E-state index contributed by atoms with van der Waals surface area (Å²) in [6, 6.07) is 10.0. The molecule has 1 aliphatic rings. The number of rotatable bonds is 8. The summed E-state index contributed by atoms with van der Waals surface area (Å²) in [5.41, 5.74) is 3.34. The molecule has 1 aliphatic carbocycles. The topological polar surface area (TPSA) is 27.7 Å². The third kappa shape index (κ3) is 4.76. The quantitative estimate of drug-likeness (QED) is 0.513. The molecule has 0 aliphatic heterocycles. The van der Waals surface area contributed by atoms with Gasteiger partial charge in [0.05, 0.1) is 13.7 Å². The summed E-state index contributed by atoms with van der Waals surface area (Å²) in [5.74, 6) is 1.48. The third-order valence-electron chi connectivity index (χ3n) is 3.74. The maximum Gasteiger partial charge on any atom is 0.157 e. The van der Waals surface area contributed by atoms with Crippen molar-refractivity contribution in [1.29, 1.82) is 0 Å². The first kappa shape index (κ1) is 17.9. The van der Waals surface area contributed by atoms with Crippen molar-refractivity contribution in [3.63, 3.8) is 0 Å². The zero-order valence-corrected chi connectivity index (χ0v) is 14.3. The molecule has 0 amide bonds. The molecule has 126 valence electrons. The van der Waals surface area contributed by atoms with Crippen LogP contribution >= 0.6 is 0 Å². The Morgan fingerprint density at radius 1 is 1.29 bits per heavy atom. The molecule has 1 aromatic rings. The Hall–Kier alpha value is -2.48. The van der Waals surface area contributed by atoms with Crippen LogP contribution in [0, 0.1) is 0 Å². The smallest absolute Gasteiger partial charge is 0.157 e. The molecule has 2 rings (SSSR count). The van der Waals surface area contributed by atoms with Crippen molar-refractivity contribution >= 4 is 0 Å². The van der Waals surface area contributed by atoms with E-state index < -0.39 is 5.60 Å². The van der Waals surface area contributed by atoms with Gasteiger partial charge in [-0.1, -0.05) is 49.1 Å². The molecule has 0 aromatic heterocycles. The Labute approximate surface area is 144 Å².